The molecule has 21 heavy (non-hydrogen) atoms. The highest BCUT2D eigenvalue weighted by Gasteiger charge is 2.36. The Morgan fingerprint density at radius 1 is 1.33 bits per heavy atom. The van der Waals surface area contributed by atoms with Crippen molar-refractivity contribution in [2.45, 2.75) is 38.1 Å². The van der Waals surface area contributed by atoms with E-state index in [0.717, 1.165) is 12.5 Å². The Hall–Kier alpha value is -1.26. The van der Waals surface area contributed by atoms with Gasteiger partial charge in [0.2, 0.25) is 5.91 Å². The number of benzene rings is 1. The zero-order valence-corrected chi connectivity index (χ0v) is 12.9. The van der Waals surface area contributed by atoms with Crippen molar-refractivity contribution in [3.05, 3.63) is 23.2 Å². The van der Waals surface area contributed by atoms with Gasteiger partial charge in [0.05, 0.1) is 17.3 Å². The maximum atomic E-state index is 12.2. The van der Waals surface area contributed by atoms with Gasteiger partial charge >= 0.3 is 0 Å². The molecular formula is C16H22ClN3O. The van der Waals surface area contributed by atoms with E-state index < -0.39 is 0 Å². The molecule has 3 rings (SSSR count). The average molecular weight is 308 g/mol. The van der Waals surface area contributed by atoms with E-state index in [-0.39, 0.29) is 5.91 Å². The van der Waals surface area contributed by atoms with Crippen LogP contribution in [0.2, 0.25) is 5.02 Å². The summed E-state index contributed by atoms with van der Waals surface area (Å²) in [6, 6.07) is 5.76. The Labute approximate surface area is 130 Å². The van der Waals surface area contributed by atoms with Crippen molar-refractivity contribution in [1.82, 2.24) is 4.90 Å². The Morgan fingerprint density at radius 3 is 2.95 bits per heavy atom. The smallest absolute Gasteiger partial charge is 0.238 e. The molecule has 1 heterocycles. The highest BCUT2D eigenvalue weighted by atomic mass is 35.5. The van der Waals surface area contributed by atoms with Gasteiger partial charge in [-0.05, 0) is 49.9 Å². The molecule has 1 amide bonds. The Balaban J connectivity index is 1.59. The first-order valence-electron chi connectivity index (χ1n) is 7.72. The summed E-state index contributed by atoms with van der Waals surface area (Å²) in [6.07, 6.45) is 6.44. The van der Waals surface area contributed by atoms with Gasteiger partial charge in [-0.2, -0.15) is 0 Å². The Bertz CT molecular complexity index is 534. The lowest BCUT2D eigenvalue weighted by Crippen LogP contribution is -2.39. The van der Waals surface area contributed by atoms with Crippen molar-refractivity contribution in [3.63, 3.8) is 0 Å². The van der Waals surface area contributed by atoms with E-state index >= 15 is 0 Å². The topological polar surface area (TPSA) is 58.4 Å². The summed E-state index contributed by atoms with van der Waals surface area (Å²) in [5, 5.41) is 3.38. The monoisotopic (exact) mass is 307 g/mol. The normalized spacial score (nSPS) is 25.6. The molecule has 1 aromatic carbocycles. The molecule has 3 N–H and O–H groups in total. The molecule has 0 radical (unpaired) electrons. The van der Waals surface area contributed by atoms with Crippen molar-refractivity contribution in [1.29, 1.82) is 0 Å². The lowest BCUT2D eigenvalue weighted by molar-refractivity contribution is -0.117. The first kappa shape index (κ1) is 14.7. The summed E-state index contributed by atoms with van der Waals surface area (Å²) in [7, 11) is 0. The molecule has 1 aromatic rings. The number of likely N-dealkylation sites (tertiary alicyclic amines) is 1. The molecule has 1 saturated heterocycles. The predicted molar refractivity (Wildman–Crippen MR) is 86.4 cm³/mol. The number of nitrogens with two attached hydrogens (primary N) is 1. The molecule has 114 valence electrons. The number of nitrogens with one attached hydrogen (secondary N) is 1. The number of carbonyl (C=O) groups is 1. The van der Waals surface area contributed by atoms with Gasteiger partial charge in [-0.3, -0.25) is 9.69 Å². The van der Waals surface area contributed by atoms with Crippen LogP contribution >= 0.6 is 11.6 Å². The number of nitrogens with zero attached hydrogens (tertiary/aromatic N) is 1. The van der Waals surface area contributed by atoms with Crippen molar-refractivity contribution in [2.24, 2.45) is 5.92 Å². The Kier molecular flexibility index (Phi) is 4.36. The minimum absolute atomic E-state index is 0.00731. The second-order valence-electron chi connectivity index (χ2n) is 6.16. The van der Waals surface area contributed by atoms with Crippen LogP contribution in [0.5, 0.6) is 0 Å². The van der Waals surface area contributed by atoms with E-state index in [0.29, 0.717) is 29.0 Å². The molecule has 5 heteroatoms. The van der Waals surface area contributed by atoms with E-state index in [1.54, 1.807) is 18.2 Å². The van der Waals surface area contributed by atoms with E-state index in [2.05, 4.69) is 10.2 Å². The second kappa shape index (κ2) is 6.24. The van der Waals surface area contributed by atoms with Gasteiger partial charge in [0.25, 0.3) is 0 Å². The van der Waals surface area contributed by atoms with Gasteiger partial charge in [-0.1, -0.05) is 24.4 Å². The number of anilines is 2. The molecular weight excluding hydrogens is 286 g/mol. The molecule has 2 unspecified atom stereocenters. The van der Waals surface area contributed by atoms with Crippen LogP contribution in [0.3, 0.4) is 0 Å². The summed E-state index contributed by atoms with van der Waals surface area (Å²) < 4.78 is 0. The van der Waals surface area contributed by atoms with Gasteiger partial charge < -0.3 is 11.1 Å². The third-order valence-corrected chi connectivity index (χ3v) is 5.05. The fourth-order valence-corrected chi connectivity index (χ4v) is 3.94. The van der Waals surface area contributed by atoms with Gasteiger partial charge in [0.15, 0.2) is 0 Å². The number of fused-ring (bicyclic) bond motifs is 1. The van der Waals surface area contributed by atoms with E-state index in [1.807, 2.05) is 0 Å². The third-order valence-electron chi connectivity index (χ3n) is 4.74. The molecule has 4 nitrogen and oxygen atoms in total. The first-order chi connectivity index (χ1) is 10.1. The largest absolute Gasteiger partial charge is 0.399 e. The minimum Gasteiger partial charge on any atom is -0.399 e. The lowest BCUT2D eigenvalue weighted by Gasteiger charge is -2.31. The SMILES string of the molecule is Nc1ccc(NC(=O)CN2CCC3CCCCC32)c(Cl)c1. The summed E-state index contributed by atoms with van der Waals surface area (Å²) in [5.41, 5.74) is 6.89. The van der Waals surface area contributed by atoms with Crippen LogP contribution in [-0.4, -0.2) is 29.9 Å². The van der Waals surface area contributed by atoms with Crippen molar-refractivity contribution in [2.75, 3.05) is 24.1 Å². The second-order valence-corrected chi connectivity index (χ2v) is 6.57. The summed E-state index contributed by atoms with van der Waals surface area (Å²) in [4.78, 5) is 14.6. The van der Waals surface area contributed by atoms with E-state index in [9.17, 15) is 4.79 Å². The summed E-state index contributed by atoms with van der Waals surface area (Å²) >= 11 is 6.09. The van der Waals surface area contributed by atoms with Crippen LogP contribution in [0.25, 0.3) is 0 Å². The standard InChI is InChI=1S/C16H22ClN3O/c17-13-9-12(18)5-6-14(13)19-16(21)10-20-8-7-11-3-1-2-4-15(11)20/h5-6,9,11,15H,1-4,7-8,10,18H2,(H,19,21). The van der Waals surface area contributed by atoms with Crippen molar-refractivity contribution < 1.29 is 4.79 Å². The fourth-order valence-electron chi connectivity index (χ4n) is 3.71. The lowest BCUT2D eigenvalue weighted by atomic mass is 9.85. The molecule has 1 aliphatic heterocycles. The van der Waals surface area contributed by atoms with Gasteiger partial charge in [0.1, 0.15) is 0 Å². The van der Waals surface area contributed by atoms with Crippen LogP contribution in [0.4, 0.5) is 11.4 Å². The average Bonchev–Trinajstić information content (AvgIpc) is 2.85. The molecule has 0 aromatic heterocycles. The predicted octanol–water partition coefficient (Wildman–Crippen LogP) is 3.13. The molecule has 1 saturated carbocycles. The number of nitrogen functional groups attached to an aromatic ring is 1. The number of hydrogen-bond donors (Lipinski definition) is 2. The van der Waals surface area contributed by atoms with Crippen LogP contribution in [-0.2, 0) is 4.79 Å². The quantitative estimate of drug-likeness (QED) is 0.844. The molecule has 0 bridgehead atoms. The van der Waals surface area contributed by atoms with E-state index in [1.165, 1.54) is 32.1 Å². The van der Waals surface area contributed by atoms with Crippen LogP contribution < -0.4 is 11.1 Å². The zero-order valence-electron chi connectivity index (χ0n) is 12.1. The zero-order chi connectivity index (χ0) is 14.8. The van der Waals surface area contributed by atoms with Crippen LogP contribution in [0.15, 0.2) is 18.2 Å². The first-order valence-corrected chi connectivity index (χ1v) is 8.10. The number of carbonyl (C=O) groups excluding carboxylic acids is 1. The van der Waals surface area contributed by atoms with Gasteiger partial charge in [-0.15, -0.1) is 0 Å². The third kappa shape index (κ3) is 3.33. The maximum absolute atomic E-state index is 12.2. The molecule has 2 fully saturated rings. The fraction of sp³-hybridized carbons (Fsp3) is 0.562. The molecule has 2 aliphatic rings. The number of amides is 1. The highest BCUT2D eigenvalue weighted by molar-refractivity contribution is 6.34. The van der Waals surface area contributed by atoms with Crippen molar-refractivity contribution in [3.8, 4) is 0 Å². The van der Waals surface area contributed by atoms with Gasteiger partial charge in [-0.25, -0.2) is 0 Å². The number of hydrogen-bond acceptors (Lipinski definition) is 3. The number of halogens is 1. The van der Waals surface area contributed by atoms with E-state index in [4.69, 9.17) is 17.3 Å². The molecule has 2 atom stereocenters. The summed E-state index contributed by atoms with van der Waals surface area (Å²) in [6.45, 7) is 1.50. The molecule has 1 aliphatic carbocycles. The molecule has 0 spiro atoms. The van der Waals surface area contributed by atoms with Crippen molar-refractivity contribution >= 4 is 28.9 Å². The van der Waals surface area contributed by atoms with Gasteiger partial charge in [0, 0.05) is 11.7 Å². The minimum atomic E-state index is 0.00731. The van der Waals surface area contributed by atoms with Crippen LogP contribution in [0, 0.1) is 5.92 Å². The summed E-state index contributed by atoms with van der Waals surface area (Å²) in [5.74, 6) is 0.805. The maximum Gasteiger partial charge on any atom is 0.238 e. The number of rotatable bonds is 3. The van der Waals surface area contributed by atoms with Crippen LogP contribution in [0.1, 0.15) is 32.1 Å². The highest BCUT2D eigenvalue weighted by Crippen LogP contribution is 2.36. The Morgan fingerprint density at radius 2 is 2.14 bits per heavy atom.